The summed E-state index contributed by atoms with van der Waals surface area (Å²) in [7, 11) is 0. The first-order valence-electron chi connectivity index (χ1n) is 5.83. The van der Waals surface area contributed by atoms with Crippen LogP contribution < -0.4 is 17.0 Å². The van der Waals surface area contributed by atoms with Crippen LogP contribution in [0.2, 0.25) is 10.0 Å². The maximum Gasteiger partial charge on any atom is 0.264 e. The molecule has 0 unspecified atom stereocenters. The predicted octanol–water partition coefficient (Wildman–Crippen LogP) is 1.32. The van der Waals surface area contributed by atoms with Crippen LogP contribution in [0, 0.1) is 0 Å². The van der Waals surface area contributed by atoms with Crippen LogP contribution >= 0.6 is 35.0 Å². The molecule has 0 saturated carbocycles. The van der Waals surface area contributed by atoms with E-state index in [1.54, 1.807) is 18.2 Å². The van der Waals surface area contributed by atoms with E-state index < -0.39 is 5.91 Å². The molecule has 1 heterocycles. The maximum absolute atomic E-state index is 10.7. The molecule has 1 amide bonds. The number of aromatic nitrogens is 3. The molecule has 0 aliphatic heterocycles. The second kappa shape index (κ2) is 7.34. The Morgan fingerprint density at radius 2 is 2.23 bits per heavy atom. The second-order valence-electron chi connectivity index (χ2n) is 3.94. The summed E-state index contributed by atoms with van der Waals surface area (Å²) in [5, 5.41) is 12.7. The second-order valence-corrected chi connectivity index (χ2v) is 5.67. The summed E-state index contributed by atoms with van der Waals surface area (Å²) in [4.78, 5) is 10.7. The lowest BCUT2D eigenvalue weighted by molar-refractivity contribution is -0.115. The number of thioether (sulfide) groups is 1. The highest BCUT2D eigenvalue weighted by Gasteiger charge is 2.10. The molecule has 22 heavy (non-hydrogen) atoms. The number of rotatable bonds is 6. The van der Waals surface area contributed by atoms with Gasteiger partial charge in [0.15, 0.2) is 0 Å². The molecular formula is C11H11Cl2N7OS. The van der Waals surface area contributed by atoms with E-state index in [1.165, 1.54) is 6.21 Å². The Labute approximate surface area is 139 Å². The minimum absolute atomic E-state index is 0.0523. The van der Waals surface area contributed by atoms with Crippen LogP contribution in [0.1, 0.15) is 5.56 Å². The Balaban J connectivity index is 2.04. The van der Waals surface area contributed by atoms with E-state index >= 15 is 0 Å². The molecule has 0 aliphatic carbocycles. The fourth-order valence-electron chi connectivity index (χ4n) is 1.37. The molecule has 2 aromatic rings. The molecule has 116 valence electrons. The van der Waals surface area contributed by atoms with Gasteiger partial charge in [-0.05, 0) is 6.07 Å². The zero-order valence-electron chi connectivity index (χ0n) is 11.0. The summed E-state index contributed by atoms with van der Waals surface area (Å²) in [5.74, 6) is 5.53. The molecule has 0 fully saturated rings. The smallest absolute Gasteiger partial charge is 0.264 e. The van der Waals surface area contributed by atoms with E-state index in [0.29, 0.717) is 20.8 Å². The topological polar surface area (TPSA) is 124 Å². The van der Waals surface area contributed by atoms with Gasteiger partial charge in [-0.25, -0.2) is 10.1 Å². The van der Waals surface area contributed by atoms with Crippen molar-refractivity contribution in [1.82, 2.24) is 14.9 Å². The Morgan fingerprint density at radius 1 is 1.45 bits per heavy atom. The number of benzene rings is 1. The number of carbonyl (C=O) groups is 1. The van der Waals surface area contributed by atoms with Crippen LogP contribution in [-0.2, 0) is 4.79 Å². The van der Waals surface area contributed by atoms with E-state index in [2.05, 4.69) is 20.7 Å². The van der Waals surface area contributed by atoms with Gasteiger partial charge in [0.2, 0.25) is 11.1 Å². The van der Waals surface area contributed by atoms with Gasteiger partial charge in [-0.15, -0.1) is 10.2 Å². The fourth-order valence-corrected chi connectivity index (χ4v) is 2.32. The van der Waals surface area contributed by atoms with E-state index in [4.69, 9.17) is 34.8 Å². The van der Waals surface area contributed by atoms with Crippen LogP contribution in [0.3, 0.4) is 0 Å². The quantitative estimate of drug-likeness (QED) is 0.309. The maximum atomic E-state index is 10.7. The highest BCUT2D eigenvalue weighted by atomic mass is 35.5. The number of halogens is 2. The van der Waals surface area contributed by atoms with Crippen LogP contribution in [0.5, 0.6) is 0 Å². The van der Waals surface area contributed by atoms with E-state index in [1.807, 2.05) is 0 Å². The van der Waals surface area contributed by atoms with E-state index in [0.717, 1.165) is 16.4 Å². The molecule has 0 atom stereocenters. The van der Waals surface area contributed by atoms with Crippen molar-refractivity contribution in [3.05, 3.63) is 33.8 Å². The SMILES string of the molecule is NC(=O)CSc1nnc(N/N=C/c2cccc(Cl)c2Cl)n1N. The number of hydrogen-bond acceptors (Lipinski definition) is 7. The molecule has 8 nitrogen and oxygen atoms in total. The van der Waals surface area contributed by atoms with Crippen molar-refractivity contribution >= 4 is 53.0 Å². The zero-order valence-corrected chi connectivity index (χ0v) is 13.4. The van der Waals surface area contributed by atoms with Crippen molar-refractivity contribution in [1.29, 1.82) is 0 Å². The molecule has 2 rings (SSSR count). The van der Waals surface area contributed by atoms with Crippen molar-refractivity contribution in [3.63, 3.8) is 0 Å². The summed E-state index contributed by atoms with van der Waals surface area (Å²) in [6, 6.07) is 5.17. The number of hydrogen-bond donors (Lipinski definition) is 3. The lowest BCUT2D eigenvalue weighted by atomic mass is 10.2. The number of nitrogens with one attached hydrogen (secondary N) is 1. The number of amides is 1. The van der Waals surface area contributed by atoms with Gasteiger partial charge in [0.1, 0.15) is 0 Å². The van der Waals surface area contributed by atoms with Crippen LogP contribution in [0.15, 0.2) is 28.5 Å². The number of hydrazone groups is 1. The normalized spacial score (nSPS) is 11.0. The van der Waals surface area contributed by atoms with Crippen LogP contribution in [-0.4, -0.2) is 32.7 Å². The Kier molecular flexibility index (Phi) is 5.47. The van der Waals surface area contributed by atoms with E-state index in [9.17, 15) is 4.79 Å². The van der Waals surface area contributed by atoms with Crippen LogP contribution in [0.4, 0.5) is 5.95 Å². The molecule has 1 aromatic carbocycles. The number of nitrogens with two attached hydrogens (primary N) is 2. The summed E-state index contributed by atoms with van der Waals surface area (Å²) in [5.41, 5.74) is 8.30. The molecule has 0 aliphatic rings. The van der Waals surface area contributed by atoms with Gasteiger partial charge in [0.05, 0.1) is 22.0 Å². The third-order valence-corrected chi connectivity index (χ3v) is 4.16. The number of anilines is 1. The molecule has 1 aromatic heterocycles. The molecule has 0 saturated heterocycles. The molecule has 0 spiro atoms. The predicted molar refractivity (Wildman–Crippen MR) is 87.8 cm³/mol. The first-order chi connectivity index (χ1) is 10.5. The largest absolute Gasteiger partial charge is 0.369 e. The standard InChI is InChI=1S/C11H11Cl2N7OS/c12-7-3-1-2-6(9(7)13)4-16-17-10-18-19-11(20(10)15)22-5-8(14)21/h1-4H,5,15H2,(H2,14,21)(H,17,18)/b16-4+. The van der Waals surface area contributed by atoms with E-state index in [-0.39, 0.29) is 11.7 Å². The number of carbonyl (C=O) groups excluding carboxylic acids is 1. The Morgan fingerprint density at radius 3 is 2.95 bits per heavy atom. The number of primary amides is 1. The fraction of sp³-hybridized carbons (Fsp3) is 0.0909. The van der Waals surface area contributed by atoms with Gasteiger partial charge in [0.25, 0.3) is 5.95 Å². The molecular weight excluding hydrogens is 349 g/mol. The number of nitrogens with zero attached hydrogens (tertiary/aromatic N) is 4. The van der Waals surface area contributed by atoms with Crippen molar-refractivity contribution in [2.45, 2.75) is 5.16 Å². The van der Waals surface area contributed by atoms with Gasteiger partial charge in [-0.2, -0.15) is 5.10 Å². The first-order valence-corrected chi connectivity index (χ1v) is 7.58. The summed E-state index contributed by atoms with van der Waals surface area (Å²) < 4.78 is 1.16. The highest BCUT2D eigenvalue weighted by Crippen LogP contribution is 2.24. The van der Waals surface area contributed by atoms with Crippen LogP contribution in [0.25, 0.3) is 0 Å². The zero-order chi connectivity index (χ0) is 16.1. The Hall–Kier alpha value is -1.97. The van der Waals surface area contributed by atoms with Gasteiger partial charge >= 0.3 is 0 Å². The molecule has 5 N–H and O–H groups in total. The third-order valence-electron chi connectivity index (χ3n) is 2.36. The summed E-state index contributed by atoms with van der Waals surface area (Å²) in [6.07, 6.45) is 1.47. The first kappa shape index (κ1) is 16.4. The Bertz CT molecular complexity index is 718. The van der Waals surface area contributed by atoms with Gasteiger partial charge in [-0.1, -0.05) is 47.1 Å². The highest BCUT2D eigenvalue weighted by molar-refractivity contribution is 7.99. The minimum atomic E-state index is -0.476. The minimum Gasteiger partial charge on any atom is -0.369 e. The lowest BCUT2D eigenvalue weighted by Crippen LogP contribution is -2.16. The van der Waals surface area contributed by atoms with Crippen molar-refractivity contribution in [3.8, 4) is 0 Å². The average Bonchev–Trinajstić information content (AvgIpc) is 2.82. The average molecular weight is 360 g/mol. The van der Waals surface area contributed by atoms with Crippen molar-refractivity contribution in [2.75, 3.05) is 17.0 Å². The molecule has 0 radical (unpaired) electrons. The van der Waals surface area contributed by atoms with Crippen molar-refractivity contribution in [2.24, 2.45) is 10.8 Å². The monoisotopic (exact) mass is 359 g/mol. The third kappa shape index (κ3) is 4.03. The summed E-state index contributed by atoms with van der Waals surface area (Å²) in [6.45, 7) is 0. The van der Waals surface area contributed by atoms with Gasteiger partial charge in [0, 0.05) is 5.56 Å². The van der Waals surface area contributed by atoms with Crippen molar-refractivity contribution < 1.29 is 4.79 Å². The van der Waals surface area contributed by atoms with Gasteiger partial charge < -0.3 is 11.6 Å². The molecule has 11 heteroatoms. The summed E-state index contributed by atoms with van der Waals surface area (Å²) >= 11 is 13.0. The molecule has 0 bridgehead atoms. The number of nitrogen functional groups attached to an aromatic ring is 1. The van der Waals surface area contributed by atoms with Gasteiger partial charge in [-0.3, -0.25) is 4.79 Å². The lowest BCUT2D eigenvalue weighted by Gasteiger charge is -2.02.